The number of urea groups is 1. The average Bonchev–Trinajstić information content (AvgIpc) is 3.51. The Morgan fingerprint density at radius 1 is 1.16 bits per heavy atom. The van der Waals surface area contributed by atoms with E-state index in [4.69, 9.17) is 4.74 Å². The van der Waals surface area contributed by atoms with Crippen LogP contribution in [-0.2, 0) is 11.3 Å². The van der Waals surface area contributed by atoms with E-state index >= 15 is 0 Å². The van der Waals surface area contributed by atoms with Crippen molar-refractivity contribution >= 4 is 23.0 Å². The SMILES string of the molecule is C=C(/C=C\C(=C/CN1CCCS/C1=N\C(=O)NCc1ccc(-c2ncn(-c3ccc(OC(F)(F)F)cc3)n2)cc1)OC)C(C)C. The fourth-order valence-electron chi connectivity index (χ4n) is 4.08. The normalized spacial score (nSPS) is 15.1. The number of halogens is 3. The number of amides is 2. The van der Waals surface area contributed by atoms with Gasteiger partial charge in [0.25, 0.3) is 0 Å². The Morgan fingerprint density at radius 3 is 2.56 bits per heavy atom. The number of thioether (sulfide) groups is 1. The molecule has 4 rings (SSSR count). The number of nitrogens with one attached hydrogen (secondary N) is 1. The van der Waals surface area contributed by atoms with E-state index in [1.54, 1.807) is 18.9 Å². The van der Waals surface area contributed by atoms with Gasteiger partial charge in [-0.05, 0) is 54.3 Å². The van der Waals surface area contributed by atoms with Gasteiger partial charge in [-0.15, -0.1) is 18.3 Å². The number of alkyl halides is 3. The van der Waals surface area contributed by atoms with E-state index in [2.05, 4.69) is 50.5 Å². The molecule has 0 aliphatic carbocycles. The van der Waals surface area contributed by atoms with Crippen molar-refractivity contribution in [3.05, 3.63) is 96.6 Å². The first-order chi connectivity index (χ1) is 21.5. The summed E-state index contributed by atoms with van der Waals surface area (Å²) < 4.78 is 48.1. The van der Waals surface area contributed by atoms with E-state index in [1.807, 2.05) is 42.5 Å². The highest BCUT2D eigenvalue weighted by atomic mass is 32.2. The monoisotopic (exact) mass is 640 g/mol. The number of allylic oxidation sites excluding steroid dienone is 3. The van der Waals surface area contributed by atoms with Crippen LogP contribution in [0, 0.1) is 5.92 Å². The van der Waals surface area contributed by atoms with E-state index in [-0.39, 0.29) is 12.3 Å². The Balaban J connectivity index is 1.32. The first-order valence-electron chi connectivity index (χ1n) is 14.2. The summed E-state index contributed by atoms with van der Waals surface area (Å²) in [5.74, 6) is 2.08. The van der Waals surface area contributed by atoms with Crippen LogP contribution in [0.4, 0.5) is 18.0 Å². The predicted octanol–water partition coefficient (Wildman–Crippen LogP) is 7.14. The maximum Gasteiger partial charge on any atom is 0.573 e. The molecule has 1 aromatic heterocycles. The molecule has 0 radical (unpaired) electrons. The molecule has 1 fully saturated rings. The van der Waals surface area contributed by atoms with Crippen molar-refractivity contribution in [2.24, 2.45) is 10.9 Å². The quantitative estimate of drug-likeness (QED) is 0.176. The Labute approximate surface area is 264 Å². The summed E-state index contributed by atoms with van der Waals surface area (Å²) in [5, 5.41) is 7.93. The molecule has 1 N–H and O–H groups in total. The summed E-state index contributed by atoms with van der Waals surface area (Å²) in [6.07, 6.45) is 3.52. The molecule has 0 spiro atoms. The molecule has 1 aliphatic rings. The molecule has 3 aromatic rings. The number of rotatable bonds is 11. The molecule has 1 saturated heterocycles. The molecule has 0 atom stereocenters. The zero-order valence-electron chi connectivity index (χ0n) is 25.3. The second-order valence-electron chi connectivity index (χ2n) is 10.3. The fraction of sp³-hybridized carbons (Fsp3) is 0.312. The van der Waals surface area contributed by atoms with E-state index in [0.717, 1.165) is 41.2 Å². The molecule has 2 aromatic carbocycles. The van der Waals surface area contributed by atoms with Crippen LogP contribution in [-0.4, -0.2) is 63.2 Å². The molecule has 9 nitrogen and oxygen atoms in total. The molecule has 238 valence electrons. The van der Waals surface area contributed by atoms with Crippen LogP contribution in [0.25, 0.3) is 17.1 Å². The number of hydrogen-bond donors (Lipinski definition) is 1. The molecule has 45 heavy (non-hydrogen) atoms. The maximum atomic E-state index is 12.7. The minimum Gasteiger partial charge on any atom is -0.497 e. The van der Waals surface area contributed by atoms with Crippen LogP contribution in [0.3, 0.4) is 0 Å². The lowest BCUT2D eigenvalue weighted by Crippen LogP contribution is -2.36. The summed E-state index contributed by atoms with van der Waals surface area (Å²) in [4.78, 5) is 23.4. The Kier molecular flexibility index (Phi) is 11.5. The van der Waals surface area contributed by atoms with Crippen LogP contribution in [0.1, 0.15) is 25.8 Å². The van der Waals surface area contributed by atoms with Gasteiger partial charge in [-0.2, -0.15) is 4.99 Å². The minimum absolute atomic E-state index is 0.285. The maximum absolute atomic E-state index is 12.7. The summed E-state index contributed by atoms with van der Waals surface area (Å²) >= 11 is 1.55. The van der Waals surface area contributed by atoms with Crippen molar-refractivity contribution in [2.75, 3.05) is 26.0 Å². The van der Waals surface area contributed by atoms with E-state index in [1.165, 1.54) is 35.3 Å². The van der Waals surface area contributed by atoms with Crippen LogP contribution in [0.15, 0.2) is 96.0 Å². The summed E-state index contributed by atoms with van der Waals surface area (Å²) in [5.41, 5.74) is 3.14. The highest BCUT2D eigenvalue weighted by molar-refractivity contribution is 8.13. The van der Waals surface area contributed by atoms with Crippen molar-refractivity contribution in [3.63, 3.8) is 0 Å². The van der Waals surface area contributed by atoms with Crippen LogP contribution in [0.2, 0.25) is 0 Å². The fourth-order valence-corrected chi connectivity index (χ4v) is 5.03. The van der Waals surface area contributed by atoms with Gasteiger partial charge in [-0.3, -0.25) is 0 Å². The lowest BCUT2D eigenvalue weighted by molar-refractivity contribution is -0.274. The lowest BCUT2D eigenvalue weighted by Gasteiger charge is -2.28. The highest BCUT2D eigenvalue weighted by Gasteiger charge is 2.31. The summed E-state index contributed by atoms with van der Waals surface area (Å²) in [6, 6.07) is 12.3. The molecular weight excluding hydrogens is 605 g/mol. The van der Waals surface area contributed by atoms with Crippen LogP contribution < -0.4 is 10.1 Å². The number of benzene rings is 2. The zero-order valence-corrected chi connectivity index (χ0v) is 26.1. The number of aliphatic imine (C=N–C) groups is 1. The Bertz CT molecular complexity index is 1550. The molecule has 1 aliphatic heterocycles. The van der Waals surface area contributed by atoms with Gasteiger partial charge in [-0.25, -0.2) is 14.5 Å². The van der Waals surface area contributed by atoms with Crippen LogP contribution >= 0.6 is 11.8 Å². The Hall–Kier alpha value is -4.52. The second-order valence-corrected chi connectivity index (χ2v) is 11.4. The van der Waals surface area contributed by atoms with Crippen molar-refractivity contribution < 1.29 is 27.4 Å². The molecule has 0 unspecified atom stereocenters. The van der Waals surface area contributed by atoms with Crippen molar-refractivity contribution in [1.82, 2.24) is 25.0 Å². The van der Waals surface area contributed by atoms with Gasteiger partial charge < -0.3 is 19.7 Å². The third-order valence-corrected chi connectivity index (χ3v) is 7.81. The van der Waals surface area contributed by atoms with E-state index in [0.29, 0.717) is 29.1 Å². The smallest absolute Gasteiger partial charge is 0.497 e. The van der Waals surface area contributed by atoms with Gasteiger partial charge in [0.2, 0.25) is 0 Å². The summed E-state index contributed by atoms with van der Waals surface area (Å²) in [7, 11) is 1.63. The first kappa shape index (κ1) is 33.4. The topological polar surface area (TPSA) is 93.9 Å². The summed E-state index contributed by atoms with van der Waals surface area (Å²) in [6.45, 7) is 9.86. The number of ether oxygens (including phenoxy) is 2. The zero-order chi connectivity index (χ0) is 32.4. The first-order valence-corrected chi connectivity index (χ1v) is 15.2. The van der Waals surface area contributed by atoms with Crippen molar-refractivity contribution in [3.8, 4) is 22.8 Å². The number of aromatic nitrogens is 3. The van der Waals surface area contributed by atoms with Crippen molar-refractivity contribution in [1.29, 1.82) is 0 Å². The van der Waals surface area contributed by atoms with Gasteiger partial charge in [0.05, 0.1) is 12.8 Å². The number of carbonyl (C=O) groups is 1. The third-order valence-electron chi connectivity index (χ3n) is 6.71. The van der Waals surface area contributed by atoms with Crippen LogP contribution in [0.5, 0.6) is 5.75 Å². The van der Waals surface area contributed by atoms with Gasteiger partial charge in [0.1, 0.15) is 17.8 Å². The molecule has 2 heterocycles. The predicted molar refractivity (Wildman–Crippen MR) is 170 cm³/mol. The van der Waals surface area contributed by atoms with E-state index in [9.17, 15) is 18.0 Å². The molecule has 13 heteroatoms. The number of amidine groups is 1. The second kappa shape index (κ2) is 15.5. The van der Waals surface area contributed by atoms with Crippen molar-refractivity contribution in [2.45, 2.75) is 33.2 Å². The molecule has 2 amide bonds. The number of nitrogens with zero attached hydrogens (tertiary/aromatic N) is 5. The van der Waals surface area contributed by atoms with Gasteiger partial charge in [0.15, 0.2) is 11.0 Å². The Morgan fingerprint density at radius 2 is 1.89 bits per heavy atom. The van der Waals surface area contributed by atoms with E-state index < -0.39 is 12.4 Å². The lowest BCUT2D eigenvalue weighted by atomic mass is 10.1. The molecule has 0 saturated carbocycles. The molecular formula is C32H35F3N6O3S. The average molecular weight is 641 g/mol. The standard InChI is InChI=1S/C32H35F3N6O3S/c1-22(2)23(3)6-13-27(43-4)16-18-40-17-5-19-45-31(40)38-30(42)36-20-24-7-9-25(10-8-24)29-37-21-41(39-29)26-11-14-28(15-12-26)44-32(33,34)35/h6-16,21-22H,3,5,17-20H2,1-2,4H3,(H,36,42)/b13-6-,27-16+,38-31-. The highest BCUT2D eigenvalue weighted by Crippen LogP contribution is 2.24. The number of methoxy groups -OCH3 is 1. The number of carbonyl (C=O) groups excluding carboxylic acids is 1. The van der Waals surface area contributed by atoms with Gasteiger partial charge in [0, 0.05) is 31.0 Å². The third kappa shape index (κ3) is 10.3. The van der Waals surface area contributed by atoms with Gasteiger partial charge in [-0.1, -0.05) is 68.1 Å². The largest absolute Gasteiger partial charge is 0.573 e. The minimum atomic E-state index is -4.76. The number of hydrogen-bond acceptors (Lipinski definition) is 6. The molecule has 0 bridgehead atoms. The van der Waals surface area contributed by atoms with Gasteiger partial charge >= 0.3 is 12.4 Å².